The molecule has 1 aliphatic carbocycles. The Morgan fingerprint density at radius 2 is 2.00 bits per heavy atom. The predicted octanol–water partition coefficient (Wildman–Crippen LogP) is 3.12. The van der Waals surface area contributed by atoms with E-state index in [9.17, 15) is 0 Å². The number of nitrogens with zero attached hydrogens (tertiary/aromatic N) is 2. The van der Waals surface area contributed by atoms with Crippen molar-refractivity contribution in [3.8, 4) is 0 Å². The molecule has 1 saturated carbocycles. The lowest BCUT2D eigenvalue weighted by Crippen LogP contribution is -2.25. The minimum atomic E-state index is 0.285. The van der Waals surface area contributed by atoms with Crippen molar-refractivity contribution in [3.63, 3.8) is 0 Å². The normalized spacial score (nSPS) is 26.0. The average molecular weight is 277 g/mol. The van der Waals surface area contributed by atoms with Gasteiger partial charge < -0.3 is 10.7 Å². The van der Waals surface area contributed by atoms with Crippen LogP contribution in [-0.2, 0) is 0 Å². The van der Waals surface area contributed by atoms with Crippen molar-refractivity contribution >= 4 is 11.6 Å². The lowest BCUT2D eigenvalue weighted by Gasteiger charge is -2.22. The molecule has 20 heavy (non-hydrogen) atoms. The molecule has 112 valence electrons. The van der Waals surface area contributed by atoms with Crippen molar-refractivity contribution in [2.75, 3.05) is 10.7 Å². The van der Waals surface area contributed by atoms with Crippen LogP contribution in [0.4, 0.5) is 11.6 Å². The minimum absolute atomic E-state index is 0.285. The number of hydrazine groups is 1. The topological polar surface area (TPSA) is 75.9 Å². The molecule has 0 spiro atoms. The van der Waals surface area contributed by atoms with Gasteiger partial charge in [0.2, 0.25) is 0 Å². The highest BCUT2D eigenvalue weighted by atomic mass is 15.3. The Morgan fingerprint density at radius 3 is 2.55 bits per heavy atom. The Kier molecular flexibility index (Phi) is 4.81. The van der Waals surface area contributed by atoms with Gasteiger partial charge in [0.05, 0.1) is 0 Å². The zero-order chi connectivity index (χ0) is 14.7. The maximum Gasteiger partial charge on any atom is 0.145 e. The molecule has 3 unspecified atom stereocenters. The molecule has 1 aromatic heterocycles. The monoisotopic (exact) mass is 277 g/mol. The highest BCUT2D eigenvalue weighted by Gasteiger charge is 2.31. The third-order valence-corrected chi connectivity index (χ3v) is 4.49. The summed E-state index contributed by atoms with van der Waals surface area (Å²) in [7, 11) is 0. The van der Waals surface area contributed by atoms with Crippen LogP contribution in [-0.4, -0.2) is 16.0 Å². The zero-order valence-corrected chi connectivity index (χ0v) is 13.0. The fourth-order valence-corrected chi connectivity index (χ4v) is 3.09. The van der Waals surface area contributed by atoms with E-state index in [4.69, 9.17) is 5.84 Å². The maximum atomic E-state index is 5.50. The third kappa shape index (κ3) is 3.20. The molecule has 5 nitrogen and oxygen atoms in total. The van der Waals surface area contributed by atoms with Gasteiger partial charge in [-0.1, -0.05) is 34.1 Å². The standard InChI is InChI=1S/C15H27N5/c1-5-11-6-7-12(10(11)4)17-13-8-14(20-16)19-15(18-13)9(2)3/h8-12H,5-7,16H2,1-4H3,(H2,17,18,19,20). The van der Waals surface area contributed by atoms with Crippen LogP contribution in [0, 0.1) is 11.8 Å². The Balaban J connectivity index is 2.15. The molecule has 1 fully saturated rings. The van der Waals surface area contributed by atoms with E-state index in [2.05, 4.69) is 48.4 Å². The Labute approximate surface area is 121 Å². The molecular formula is C15H27N5. The summed E-state index contributed by atoms with van der Waals surface area (Å²) in [4.78, 5) is 9.00. The summed E-state index contributed by atoms with van der Waals surface area (Å²) in [6.07, 6.45) is 3.78. The van der Waals surface area contributed by atoms with Gasteiger partial charge in [0.1, 0.15) is 17.5 Å². The second-order valence-electron chi connectivity index (χ2n) is 6.15. The van der Waals surface area contributed by atoms with Crippen LogP contribution in [0.2, 0.25) is 0 Å². The predicted molar refractivity (Wildman–Crippen MR) is 83.5 cm³/mol. The van der Waals surface area contributed by atoms with E-state index in [1.807, 2.05) is 6.07 Å². The zero-order valence-electron chi connectivity index (χ0n) is 13.0. The lowest BCUT2D eigenvalue weighted by atomic mass is 9.93. The molecule has 4 N–H and O–H groups in total. The van der Waals surface area contributed by atoms with Crippen LogP contribution in [0.15, 0.2) is 6.07 Å². The lowest BCUT2D eigenvalue weighted by molar-refractivity contribution is 0.391. The van der Waals surface area contributed by atoms with E-state index in [0.29, 0.717) is 17.8 Å². The molecule has 0 saturated heterocycles. The highest BCUT2D eigenvalue weighted by Crippen LogP contribution is 2.35. The number of anilines is 2. The smallest absolute Gasteiger partial charge is 0.145 e. The SMILES string of the molecule is CCC1CCC(Nc2cc(NN)nc(C(C)C)n2)C1C. The molecule has 3 atom stereocenters. The largest absolute Gasteiger partial charge is 0.367 e. The summed E-state index contributed by atoms with van der Waals surface area (Å²) in [5.74, 6) is 9.67. The first-order chi connectivity index (χ1) is 9.55. The van der Waals surface area contributed by atoms with E-state index < -0.39 is 0 Å². The van der Waals surface area contributed by atoms with E-state index in [0.717, 1.165) is 17.6 Å². The molecule has 1 heterocycles. The molecule has 0 aliphatic heterocycles. The van der Waals surface area contributed by atoms with E-state index in [1.54, 1.807) is 0 Å². The number of hydrogen-bond donors (Lipinski definition) is 3. The summed E-state index contributed by atoms with van der Waals surface area (Å²) < 4.78 is 0. The van der Waals surface area contributed by atoms with E-state index in [-0.39, 0.29) is 5.92 Å². The fourth-order valence-electron chi connectivity index (χ4n) is 3.09. The van der Waals surface area contributed by atoms with Crippen molar-refractivity contribution in [1.82, 2.24) is 9.97 Å². The summed E-state index contributed by atoms with van der Waals surface area (Å²) in [6, 6.07) is 2.39. The Bertz CT molecular complexity index is 446. The molecule has 5 heteroatoms. The summed E-state index contributed by atoms with van der Waals surface area (Å²) >= 11 is 0. The Morgan fingerprint density at radius 1 is 1.30 bits per heavy atom. The van der Waals surface area contributed by atoms with Gasteiger partial charge in [-0.3, -0.25) is 0 Å². The van der Waals surface area contributed by atoms with Gasteiger partial charge in [0.25, 0.3) is 0 Å². The second kappa shape index (κ2) is 6.39. The van der Waals surface area contributed by atoms with Gasteiger partial charge in [-0.2, -0.15) is 0 Å². The molecule has 1 aliphatic rings. The summed E-state index contributed by atoms with van der Waals surface area (Å²) in [5, 5.41) is 3.58. The first-order valence-corrected chi connectivity index (χ1v) is 7.67. The van der Waals surface area contributed by atoms with Crippen molar-refractivity contribution in [1.29, 1.82) is 0 Å². The number of nitrogens with two attached hydrogens (primary N) is 1. The molecule has 1 aromatic rings. The molecule has 0 amide bonds. The van der Waals surface area contributed by atoms with Crippen LogP contribution in [0.25, 0.3) is 0 Å². The Hall–Kier alpha value is -1.36. The number of aromatic nitrogens is 2. The van der Waals surface area contributed by atoms with Gasteiger partial charge in [-0.05, 0) is 24.7 Å². The van der Waals surface area contributed by atoms with Crippen LogP contribution in [0.1, 0.15) is 58.7 Å². The number of hydrogen-bond acceptors (Lipinski definition) is 5. The number of nitrogens with one attached hydrogen (secondary N) is 2. The summed E-state index contributed by atoms with van der Waals surface area (Å²) in [5.41, 5.74) is 2.63. The fraction of sp³-hybridized carbons (Fsp3) is 0.733. The van der Waals surface area contributed by atoms with Crippen LogP contribution in [0.5, 0.6) is 0 Å². The molecule has 0 aromatic carbocycles. The van der Waals surface area contributed by atoms with Crippen molar-refractivity contribution in [3.05, 3.63) is 11.9 Å². The van der Waals surface area contributed by atoms with Crippen LogP contribution in [0.3, 0.4) is 0 Å². The minimum Gasteiger partial charge on any atom is -0.367 e. The van der Waals surface area contributed by atoms with Crippen LogP contribution >= 0.6 is 0 Å². The molecule has 0 radical (unpaired) electrons. The average Bonchev–Trinajstić information content (AvgIpc) is 2.79. The number of nitrogen functional groups attached to an aromatic ring is 1. The third-order valence-electron chi connectivity index (χ3n) is 4.49. The van der Waals surface area contributed by atoms with Crippen molar-refractivity contribution < 1.29 is 0 Å². The first-order valence-electron chi connectivity index (χ1n) is 7.67. The van der Waals surface area contributed by atoms with Crippen molar-refractivity contribution in [2.45, 2.75) is 58.9 Å². The maximum absolute atomic E-state index is 5.50. The second-order valence-corrected chi connectivity index (χ2v) is 6.15. The van der Waals surface area contributed by atoms with Gasteiger partial charge in [0.15, 0.2) is 0 Å². The summed E-state index contributed by atoms with van der Waals surface area (Å²) in [6.45, 7) is 8.79. The van der Waals surface area contributed by atoms with Crippen molar-refractivity contribution in [2.24, 2.45) is 17.7 Å². The van der Waals surface area contributed by atoms with Gasteiger partial charge in [0, 0.05) is 18.0 Å². The van der Waals surface area contributed by atoms with E-state index >= 15 is 0 Å². The number of rotatable bonds is 5. The van der Waals surface area contributed by atoms with Gasteiger partial charge >= 0.3 is 0 Å². The highest BCUT2D eigenvalue weighted by molar-refractivity contribution is 5.48. The van der Waals surface area contributed by atoms with Gasteiger partial charge in [-0.15, -0.1) is 0 Å². The molecular weight excluding hydrogens is 250 g/mol. The van der Waals surface area contributed by atoms with Gasteiger partial charge in [-0.25, -0.2) is 15.8 Å². The quantitative estimate of drug-likeness (QED) is 0.569. The van der Waals surface area contributed by atoms with Crippen LogP contribution < -0.4 is 16.6 Å². The molecule has 2 rings (SSSR count). The molecule has 0 bridgehead atoms. The van der Waals surface area contributed by atoms with E-state index in [1.165, 1.54) is 19.3 Å². The first kappa shape index (κ1) is 15.0.